The van der Waals surface area contributed by atoms with Crippen molar-refractivity contribution in [2.75, 3.05) is 0 Å². The number of halogens is 1. The standard InChI is InChI=1S/C13H25FO/c1-9(2)15-10-6-7-11(12(14)8-10)13(3,4)5/h9-12H,6-8H2,1-5H3. The van der Waals surface area contributed by atoms with Crippen LogP contribution in [0.4, 0.5) is 4.39 Å². The molecule has 0 radical (unpaired) electrons. The van der Waals surface area contributed by atoms with Gasteiger partial charge in [-0.1, -0.05) is 20.8 Å². The summed E-state index contributed by atoms with van der Waals surface area (Å²) in [4.78, 5) is 0. The van der Waals surface area contributed by atoms with E-state index >= 15 is 0 Å². The molecular formula is C13H25FO. The second kappa shape index (κ2) is 4.82. The molecule has 0 heterocycles. The summed E-state index contributed by atoms with van der Waals surface area (Å²) in [6.07, 6.45) is 2.22. The first-order chi connectivity index (χ1) is 6.80. The van der Waals surface area contributed by atoms with Crippen LogP contribution in [0, 0.1) is 11.3 Å². The monoisotopic (exact) mass is 216 g/mol. The fourth-order valence-corrected chi connectivity index (χ4v) is 2.56. The Bertz CT molecular complexity index is 195. The molecule has 1 saturated carbocycles. The highest BCUT2D eigenvalue weighted by Crippen LogP contribution is 2.40. The molecule has 0 amide bonds. The van der Waals surface area contributed by atoms with Crippen molar-refractivity contribution in [2.45, 2.75) is 72.3 Å². The fraction of sp³-hybridized carbons (Fsp3) is 1.00. The van der Waals surface area contributed by atoms with Crippen LogP contribution in [0.25, 0.3) is 0 Å². The molecule has 0 aromatic carbocycles. The molecule has 0 spiro atoms. The van der Waals surface area contributed by atoms with E-state index in [0.29, 0.717) is 6.42 Å². The minimum absolute atomic E-state index is 0.0855. The van der Waals surface area contributed by atoms with Gasteiger partial charge in [-0.3, -0.25) is 0 Å². The normalized spacial score (nSPS) is 33.4. The van der Waals surface area contributed by atoms with E-state index in [1.165, 1.54) is 0 Å². The van der Waals surface area contributed by atoms with Crippen LogP contribution in [0.1, 0.15) is 53.9 Å². The van der Waals surface area contributed by atoms with Gasteiger partial charge in [0.15, 0.2) is 0 Å². The number of ether oxygens (including phenoxy) is 1. The van der Waals surface area contributed by atoms with Crippen LogP contribution < -0.4 is 0 Å². The van der Waals surface area contributed by atoms with E-state index < -0.39 is 6.17 Å². The molecular weight excluding hydrogens is 191 g/mol. The summed E-state index contributed by atoms with van der Waals surface area (Å²) in [6, 6.07) is 0. The first-order valence-corrected chi connectivity index (χ1v) is 6.10. The summed E-state index contributed by atoms with van der Waals surface area (Å²) in [6.45, 7) is 10.4. The molecule has 0 N–H and O–H groups in total. The Morgan fingerprint density at radius 1 is 1.20 bits per heavy atom. The number of hydrogen-bond donors (Lipinski definition) is 0. The Labute approximate surface area is 93.4 Å². The van der Waals surface area contributed by atoms with Crippen molar-refractivity contribution in [1.82, 2.24) is 0 Å². The van der Waals surface area contributed by atoms with Crippen molar-refractivity contribution in [2.24, 2.45) is 11.3 Å². The molecule has 90 valence electrons. The second-order valence-corrected chi connectivity index (χ2v) is 6.11. The quantitative estimate of drug-likeness (QED) is 0.678. The minimum atomic E-state index is -0.692. The van der Waals surface area contributed by atoms with E-state index in [1.54, 1.807) is 0 Å². The molecule has 3 atom stereocenters. The molecule has 1 aliphatic rings. The van der Waals surface area contributed by atoms with Gasteiger partial charge in [0.05, 0.1) is 12.2 Å². The topological polar surface area (TPSA) is 9.23 Å². The predicted octanol–water partition coefficient (Wildman–Crippen LogP) is 3.96. The van der Waals surface area contributed by atoms with E-state index in [0.717, 1.165) is 12.8 Å². The Balaban J connectivity index is 2.48. The van der Waals surface area contributed by atoms with Crippen LogP contribution in [0.5, 0.6) is 0 Å². The zero-order valence-corrected chi connectivity index (χ0v) is 10.7. The van der Waals surface area contributed by atoms with E-state index in [4.69, 9.17) is 4.74 Å². The van der Waals surface area contributed by atoms with Gasteiger partial charge in [-0.05, 0) is 38.0 Å². The zero-order valence-electron chi connectivity index (χ0n) is 10.7. The van der Waals surface area contributed by atoms with Crippen molar-refractivity contribution in [3.63, 3.8) is 0 Å². The fourth-order valence-electron chi connectivity index (χ4n) is 2.56. The SMILES string of the molecule is CC(C)OC1CCC(C(C)(C)C)C(F)C1. The highest BCUT2D eigenvalue weighted by molar-refractivity contribution is 4.87. The first-order valence-electron chi connectivity index (χ1n) is 6.10. The first kappa shape index (κ1) is 13.0. The number of hydrogen-bond acceptors (Lipinski definition) is 1. The van der Waals surface area contributed by atoms with Crippen LogP contribution in [0.3, 0.4) is 0 Å². The van der Waals surface area contributed by atoms with Gasteiger partial charge in [0.2, 0.25) is 0 Å². The van der Waals surface area contributed by atoms with Crippen LogP contribution in [0.2, 0.25) is 0 Å². The maximum Gasteiger partial charge on any atom is 0.106 e. The van der Waals surface area contributed by atoms with Crippen LogP contribution in [-0.2, 0) is 4.74 Å². The summed E-state index contributed by atoms with van der Waals surface area (Å²) in [5.74, 6) is 0.199. The van der Waals surface area contributed by atoms with Gasteiger partial charge in [-0.2, -0.15) is 0 Å². The summed E-state index contributed by atoms with van der Waals surface area (Å²) >= 11 is 0. The summed E-state index contributed by atoms with van der Waals surface area (Å²) in [5, 5.41) is 0. The van der Waals surface area contributed by atoms with Gasteiger partial charge in [0, 0.05) is 6.42 Å². The van der Waals surface area contributed by atoms with E-state index in [2.05, 4.69) is 20.8 Å². The molecule has 0 saturated heterocycles. The Hall–Kier alpha value is -0.110. The molecule has 1 aliphatic carbocycles. The van der Waals surface area contributed by atoms with Gasteiger partial charge in [-0.25, -0.2) is 4.39 Å². The van der Waals surface area contributed by atoms with Crippen molar-refractivity contribution < 1.29 is 9.13 Å². The molecule has 1 nitrogen and oxygen atoms in total. The lowest BCUT2D eigenvalue weighted by Crippen LogP contribution is -2.38. The van der Waals surface area contributed by atoms with Gasteiger partial charge < -0.3 is 4.74 Å². The average molecular weight is 216 g/mol. The number of alkyl halides is 1. The van der Waals surface area contributed by atoms with Gasteiger partial charge in [-0.15, -0.1) is 0 Å². The zero-order chi connectivity index (χ0) is 11.6. The lowest BCUT2D eigenvalue weighted by Gasteiger charge is -2.39. The highest BCUT2D eigenvalue weighted by Gasteiger charge is 2.38. The maximum absolute atomic E-state index is 14.0. The summed E-state index contributed by atoms with van der Waals surface area (Å²) in [5.41, 5.74) is 0.0855. The van der Waals surface area contributed by atoms with Crippen LogP contribution >= 0.6 is 0 Å². The Morgan fingerprint density at radius 2 is 1.80 bits per heavy atom. The van der Waals surface area contributed by atoms with E-state index in [9.17, 15) is 4.39 Å². The molecule has 0 aliphatic heterocycles. The molecule has 2 heteroatoms. The summed E-state index contributed by atoms with van der Waals surface area (Å²) < 4.78 is 19.6. The number of rotatable bonds is 2. The molecule has 15 heavy (non-hydrogen) atoms. The smallest absolute Gasteiger partial charge is 0.106 e. The van der Waals surface area contributed by atoms with Gasteiger partial charge >= 0.3 is 0 Å². The molecule has 3 unspecified atom stereocenters. The van der Waals surface area contributed by atoms with Crippen LogP contribution in [-0.4, -0.2) is 18.4 Å². The molecule has 1 rings (SSSR count). The van der Waals surface area contributed by atoms with Crippen molar-refractivity contribution >= 4 is 0 Å². The molecule has 0 bridgehead atoms. The van der Waals surface area contributed by atoms with Crippen LogP contribution in [0.15, 0.2) is 0 Å². The van der Waals surface area contributed by atoms with Gasteiger partial charge in [0.1, 0.15) is 6.17 Å². The Kier molecular flexibility index (Phi) is 4.16. The molecule has 0 aromatic rings. The Morgan fingerprint density at radius 3 is 2.20 bits per heavy atom. The predicted molar refractivity (Wildman–Crippen MR) is 61.7 cm³/mol. The molecule has 0 aromatic heterocycles. The maximum atomic E-state index is 14.0. The third kappa shape index (κ3) is 3.75. The summed E-state index contributed by atoms with van der Waals surface area (Å²) in [7, 11) is 0. The average Bonchev–Trinajstić information content (AvgIpc) is 1.99. The third-order valence-electron chi connectivity index (χ3n) is 3.30. The largest absolute Gasteiger partial charge is 0.375 e. The third-order valence-corrected chi connectivity index (χ3v) is 3.30. The van der Waals surface area contributed by atoms with Crippen molar-refractivity contribution in [1.29, 1.82) is 0 Å². The lowest BCUT2D eigenvalue weighted by atomic mass is 9.70. The van der Waals surface area contributed by atoms with E-state index in [1.807, 2.05) is 13.8 Å². The van der Waals surface area contributed by atoms with Crippen molar-refractivity contribution in [3.8, 4) is 0 Å². The lowest BCUT2D eigenvalue weighted by molar-refractivity contribution is -0.0583. The minimum Gasteiger partial charge on any atom is -0.375 e. The molecule has 1 fully saturated rings. The van der Waals surface area contributed by atoms with Gasteiger partial charge in [0.25, 0.3) is 0 Å². The highest BCUT2D eigenvalue weighted by atomic mass is 19.1. The van der Waals surface area contributed by atoms with E-state index in [-0.39, 0.29) is 23.5 Å². The van der Waals surface area contributed by atoms with Crippen molar-refractivity contribution in [3.05, 3.63) is 0 Å². The second-order valence-electron chi connectivity index (χ2n) is 6.11.